The van der Waals surface area contributed by atoms with E-state index in [0.29, 0.717) is 10.8 Å². The Morgan fingerprint density at radius 3 is 2.44 bits per heavy atom. The Kier molecular flexibility index (Phi) is 2.81. The van der Waals surface area contributed by atoms with E-state index in [2.05, 4.69) is 51.1 Å². The molecule has 0 radical (unpaired) electrons. The minimum absolute atomic E-state index is 0.333. The maximum absolute atomic E-state index is 4.88. The number of hydrogen-bond acceptors (Lipinski definition) is 2. The van der Waals surface area contributed by atoms with Crippen LogP contribution in [0.25, 0.3) is 0 Å². The molecule has 0 amide bonds. The predicted octanol–water partition coefficient (Wildman–Crippen LogP) is 4.98. The van der Waals surface area contributed by atoms with Crippen LogP contribution in [0.4, 0.5) is 0 Å². The molecule has 2 heteroatoms. The van der Waals surface area contributed by atoms with Gasteiger partial charge in [0.05, 0.1) is 0 Å². The molecule has 1 aromatic carbocycles. The molecule has 0 aliphatic heterocycles. The highest BCUT2D eigenvalue weighted by atomic mass is 32.2. The van der Waals surface area contributed by atoms with Crippen LogP contribution in [0.1, 0.15) is 40.0 Å². The highest BCUT2D eigenvalue weighted by Crippen LogP contribution is 2.64. The van der Waals surface area contributed by atoms with Gasteiger partial charge in [-0.3, -0.25) is 0 Å². The molecule has 1 nitrogen and oxygen atoms in total. The second-order valence-electron chi connectivity index (χ2n) is 6.44. The second kappa shape index (κ2) is 4.12. The zero-order chi connectivity index (χ0) is 12.8. The number of nitrogens with zero attached hydrogens (tertiary/aromatic N) is 1. The lowest BCUT2D eigenvalue weighted by Crippen LogP contribution is -2.32. The minimum Gasteiger partial charge on any atom is -0.220 e. The SMILES string of the molecule is CC12CCC(C/C1=N\Sc1ccccc1)C2(C)C. The Morgan fingerprint density at radius 1 is 1.17 bits per heavy atom. The first-order valence-corrected chi connectivity index (χ1v) is 7.61. The van der Waals surface area contributed by atoms with Crippen LogP contribution in [-0.4, -0.2) is 5.71 Å². The third-order valence-electron chi connectivity index (χ3n) is 5.52. The highest BCUT2D eigenvalue weighted by molar-refractivity contribution is 7.98. The third kappa shape index (κ3) is 1.65. The van der Waals surface area contributed by atoms with Crippen LogP contribution in [0.15, 0.2) is 39.6 Å². The summed E-state index contributed by atoms with van der Waals surface area (Å²) in [5.41, 5.74) is 2.21. The third-order valence-corrected chi connectivity index (χ3v) is 6.31. The molecule has 2 unspecified atom stereocenters. The van der Waals surface area contributed by atoms with Crippen molar-refractivity contribution in [2.75, 3.05) is 0 Å². The number of rotatable bonds is 2. The van der Waals surface area contributed by atoms with Crippen molar-refractivity contribution in [3.8, 4) is 0 Å². The maximum atomic E-state index is 4.88. The smallest absolute Gasteiger partial charge is 0.0333 e. The Labute approximate surface area is 114 Å². The average molecular weight is 259 g/mol. The molecule has 1 aromatic rings. The van der Waals surface area contributed by atoms with Crippen LogP contribution >= 0.6 is 11.9 Å². The Morgan fingerprint density at radius 2 is 1.89 bits per heavy atom. The molecule has 18 heavy (non-hydrogen) atoms. The minimum atomic E-state index is 0.333. The summed E-state index contributed by atoms with van der Waals surface area (Å²) < 4.78 is 4.88. The second-order valence-corrected chi connectivity index (χ2v) is 7.27. The summed E-state index contributed by atoms with van der Waals surface area (Å²) in [6.45, 7) is 7.28. The summed E-state index contributed by atoms with van der Waals surface area (Å²) >= 11 is 1.64. The van der Waals surface area contributed by atoms with Crippen molar-refractivity contribution >= 4 is 17.7 Å². The lowest BCUT2D eigenvalue weighted by molar-refractivity contribution is 0.194. The molecular weight excluding hydrogens is 238 g/mol. The molecule has 0 saturated heterocycles. The van der Waals surface area contributed by atoms with E-state index in [0.717, 1.165) is 5.92 Å². The van der Waals surface area contributed by atoms with Crippen LogP contribution in [0.3, 0.4) is 0 Å². The molecular formula is C16H21NS. The summed E-state index contributed by atoms with van der Waals surface area (Å²) in [6, 6.07) is 10.5. The molecule has 3 rings (SSSR count). The zero-order valence-electron chi connectivity index (χ0n) is 11.4. The van der Waals surface area contributed by atoms with E-state index >= 15 is 0 Å². The van der Waals surface area contributed by atoms with Gasteiger partial charge in [0, 0.05) is 28.0 Å². The monoisotopic (exact) mass is 259 g/mol. The van der Waals surface area contributed by atoms with Gasteiger partial charge >= 0.3 is 0 Å². The fourth-order valence-corrected chi connectivity index (χ4v) is 4.43. The molecule has 96 valence electrons. The van der Waals surface area contributed by atoms with Gasteiger partial charge in [0.15, 0.2) is 0 Å². The quantitative estimate of drug-likeness (QED) is 0.682. The molecule has 2 saturated carbocycles. The molecule has 2 atom stereocenters. The summed E-state index contributed by atoms with van der Waals surface area (Å²) in [7, 11) is 0. The molecule has 2 bridgehead atoms. The number of benzene rings is 1. The fourth-order valence-electron chi connectivity index (χ4n) is 3.66. The van der Waals surface area contributed by atoms with Gasteiger partial charge in [-0.25, -0.2) is 4.40 Å². The standard InChI is InChI=1S/C16H21NS/c1-15(2)12-9-10-16(15,3)14(11-12)17-18-13-7-5-4-6-8-13/h4-8,12H,9-11H2,1-3H3/b17-14+. The van der Waals surface area contributed by atoms with E-state index in [4.69, 9.17) is 4.40 Å². The van der Waals surface area contributed by atoms with Gasteiger partial charge in [-0.1, -0.05) is 39.0 Å². The average Bonchev–Trinajstić information content (AvgIpc) is 2.70. The van der Waals surface area contributed by atoms with E-state index in [1.54, 1.807) is 11.9 Å². The molecule has 0 heterocycles. The largest absolute Gasteiger partial charge is 0.220 e. The van der Waals surface area contributed by atoms with Crippen molar-refractivity contribution in [1.82, 2.24) is 0 Å². The van der Waals surface area contributed by atoms with Gasteiger partial charge in [-0.05, 0) is 42.7 Å². The van der Waals surface area contributed by atoms with E-state index in [-0.39, 0.29) is 0 Å². The van der Waals surface area contributed by atoms with E-state index < -0.39 is 0 Å². The van der Waals surface area contributed by atoms with Crippen molar-refractivity contribution in [3.63, 3.8) is 0 Å². The van der Waals surface area contributed by atoms with Gasteiger partial charge in [0.25, 0.3) is 0 Å². The topological polar surface area (TPSA) is 12.4 Å². The fraction of sp³-hybridized carbons (Fsp3) is 0.562. The first-order chi connectivity index (χ1) is 8.54. The lowest BCUT2D eigenvalue weighted by atomic mass is 9.70. The van der Waals surface area contributed by atoms with Crippen molar-refractivity contribution in [1.29, 1.82) is 0 Å². The number of hydrogen-bond donors (Lipinski definition) is 0. The zero-order valence-corrected chi connectivity index (χ0v) is 12.3. The van der Waals surface area contributed by atoms with Crippen LogP contribution in [0, 0.1) is 16.7 Å². The van der Waals surface area contributed by atoms with Crippen molar-refractivity contribution in [3.05, 3.63) is 30.3 Å². The van der Waals surface area contributed by atoms with Crippen LogP contribution in [-0.2, 0) is 0 Å². The highest BCUT2D eigenvalue weighted by Gasteiger charge is 2.59. The molecule has 0 N–H and O–H groups in total. The van der Waals surface area contributed by atoms with Crippen LogP contribution in [0.2, 0.25) is 0 Å². The number of fused-ring (bicyclic) bond motifs is 2. The first-order valence-electron chi connectivity index (χ1n) is 6.83. The summed E-state index contributed by atoms with van der Waals surface area (Å²) in [5.74, 6) is 0.845. The molecule has 0 spiro atoms. The Balaban J connectivity index is 1.83. The van der Waals surface area contributed by atoms with Crippen LogP contribution < -0.4 is 0 Å². The van der Waals surface area contributed by atoms with Gasteiger partial charge in [-0.15, -0.1) is 0 Å². The Hall–Kier alpha value is -0.760. The molecule has 0 aromatic heterocycles. The summed E-state index contributed by atoms with van der Waals surface area (Å²) in [5, 5.41) is 0. The first kappa shape index (κ1) is 12.3. The predicted molar refractivity (Wildman–Crippen MR) is 79.0 cm³/mol. The molecule has 2 aliphatic rings. The summed E-state index contributed by atoms with van der Waals surface area (Å²) in [6.07, 6.45) is 3.92. The van der Waals surface area contributed by atoms with E-state index in [9.17, 15) is 0 Å². The van der Waals surface area contributed by atoms with Crippen molar-refractivity contribution in [2.24, 2.45) is 21.1 Å². The summed E-state index contributed by atoms with van der Waals surface area (Å²) in [4.78, 5) is 1.24. The normalized spacial score (nSPS) is 35.3. The maximum Gasteiger partial charge on any atom is 0.0333 e. The van der Waals surface area contributed by atoms with Gasteiger partial charge in [0.2, 0.25) is 0 Å². The van der Waals surface area contributed by atoms with E-state index in [1.807, 2.05) is 0 Å². The molecule has 2 aliphatic carbocycles. The van der Waals surface area contributed by atoms with E-state index in [1.165, 1.54) is 29.9 Å². The van der Waals surface area contributed by atoms with Gasteiger partial charge in [0.1, 0.15) is 0 Å². The van der Waals surface area contributed by atoms with Crippen molar-refractivity contribution in [2.45, 2.75) is 44.9 Å². The lowest BCUT2D eigenvalue weighted by Gasteiger charge is -2.34. The Bertz CT molecular complexity index is 477. The van der Waals surface area contributed by atoms with Crippen molar-refractivity contribution < 1.29 is 0 Å². The molecule has 2 fully saturated rings. The van der Waals surface area contributed by atoms with Gasteiger partial charge in [-0.2, -0.15) is 0 Å². The van der Waals surface area contributed by atoms with Crippen LogP contribution in [0.5, 0.6) is 0 Å². The van der Waals surface area contributed by atoms with Gasteiger partial charge < -0.3 is 0 Å².